The third-order valence-electron chi connectivity index (χ3n) is 2.06. The second-order valence-corrected chi connectivity index (χ2v) is 4.98. The minimum atomic E-state index is -3.67. The highest BCUT2D eigenvalue weighted by atomic mass is 32.2. The third kappa shape index (κ3) is 2.79. The molecule has 0 amide bonds. The molecule has 2 aromatic rings. The number of sulfonamides is 1. The summed E-state index contributed by atoms with van der Waals surface area (Å²) in [6.07, 6.45) is 2.95. The van der Waals surface area contributed by atoms with Gasteiger partial charge in [0.25, 0.3) is 10.0 Å². The first-order valence-corrected chi connectivity index (χ1v) is 6.25. The number of pyridine rings is 1. The number of aromatic nitrogens is 1. The van der Waals surface area contributed by atoms with Crippen LogP contribution in [0.5, 0.6) is 0 Å². The highest BCUT2D eigenvalue weighted by Gasteiger charge is 2.13. The van der Waals surface area contributed by atoms with Crippen molar-refractivity contribution in [1.29, 1.82) is 0 Å². The molecule has 0 saturated carbocycles. The van der Waals surface area contributed by atoms with E-state index in [4.69, 9.17) is 0 Å². The van der Waals surface area contributed by atoms with Crippen molar-refractivity contribution in [2.75, 3.05) is 4.72 Å². The Morgan fingerprint density at radius 1 is 1.00 bits per heavy atom. The lowest BCUT2D eigenvalue weighted by molar-refractivity contribution is 0.599. The van der Waals surface area contributed by atoms with Crippen molar-refractivity contribution in [1.82, 2.24) is 4.98 Å². The average Bonchev–Trinajstić information content (AvgIpc) is 2.30. The molecule has 2 rings (SSSR count). The topological polar surface area (TPSA) is 59.1 Å². The van der Waals surface area contributed by atoms with Crippen LogP contribution in [0.4, 0.5) is 10.1 Å². The van der Waals surface area contributed by atoms with Gasteiger partial charge in [-0.1, -0.05) is 0 Å². The minimum absolute atomic E-state index is 0.00992. The van der Waals surface area contributed by atoms with Gasteiger partial charge in [-0.25, -0.2) is 12.8 Å². The molecule has 0 atom stereocenters. The van der Waals surface area contributed by atoms with E-state index in [1.54, 1.807) is 0 Å². The van der Waals surface area contributed by atoms with Gasteiger partial charge in [0.15, 0.2) is 0 Å². The van der Waals surface area contributed by atoms with Gasteiger partial charge in [0.1, 0.15) is 5.82 Å². The molecule has 1 N–H and O–H groups in total. The molecule has 0 aliphatic rings. The van der Waals surface area contributed by atoms with E-state index in [9.17, 15) is 12.8 Å². The first-order chi connectivity index (χ1) is 8.08. The summed E-state index contributed by atoms with van der Waals surface area (Å²) in [4.78, 5) is 3.79. The summed E-state index contributed by atoms with van der Waals surface area (Å²) in [5.74, 6) is -0.479. The van der Waals surface area contributed by atoms with Gasteiger partial charge in [0.2, 0.25) is 0 Å². The van der Waals surface area contributed by atoms with Gasteiger partial charge >= 0.3 is 0 Å². The monoisotopic (exact) mass is 252 g/mol. The maximum atomic E-state index is 12.7. The molecular formula is C11H9FN2O2S. The van der Waals surface area contributed by atoms with E-state index < -0.39 is 15.8 Å². The lowest BCUT2D eigenvalue weighted by atomic mass is 10.4. The molecule has 0 bridgehead atoms. The van der Waals surface area contributed by atoms with E-state index >= 15 is 0 Å². The highest BCUT2D eigenvalue weighted by Crippen LogP contribution is 2.15. The summed E-state index contributed by atoms with van der Waals surface area (Å²) in [5.41, 5.74) is 0.407. The van der Waals surface area contributed by atoms with E-state index in [-0.39, 0.29) is 4.90 Å². The number of nitrogens with zero attached hydrogens (tertiary/aromatic N) is 1. The molecule has 0 spiro atoms. The average molecular weight is 252 g/mol. The molecule has 0 radical (unpaired) electrons. The zero-order valence-electron chi connectivity index (χ0n) is 8.67. The van der Waals surface area contributed by atoms with Crippen LogP contribution in [0, 0.1) is 5.82 Å². The van der Waals surface area contributed by atoms with Crippen molar-refractivity contribution in [3.05, 3.63) is 54.6 Å². The molecule has 4 nitrogen and oxygen atoms in total. The molecule has 0 aliphatic heterocycles. The number of nitrogens with one attached hydrogen (secondary N) is 1. The van der Waals surface area contributed by atoms with Gasteiger partial charge in [-0.15, -0.1) is 0 Å². The lowest BCUT2D eigenvalue weighted by Gasteiger charge is -2.07. The highest BCUT2D eigenvalue weighted by molar-refractivity contribution is 7.92. The largest absolute Gasteiger partial charge is 0.280 e. The van der Waals surface area contributed by atoms with E-state index in [1.165, 1.54) is 36.7 Å². The number of hydrogen-bond donors (Lipinski definition) is 1. The summed E-state index contributed by atoms with van der Waals surface area (Å²) in [6, 6.07) is 7.67. The molecule has 0 aliphatic carbocycles. The molecule has 0 fully saturated rings. The van der Waals surface area contributed by atoms with Crippen molar-refractivity contribution >= 4 is 15.7 Å². The SMILES string of the molecule is O=S(=O)(Nc1ccncc1)c1ccc(F)cc1. The lowest BCUT2D eigenvalue weighted by Crippen LogP contribution is -2.12. The molecule has 0 unspecified atom stereocenters. The Balaban J connectivity index is 2.29. The van der Waals surface area contributed by atoms with Crippen LogP contribution in [0.2, 0.25) is 0 Å². The summed E-state index contributed by atoms with van der Waals surface area (Å²) >= 11 is 0. The fraction of sp³-hybridized carbons (Fsp3) is 0. The van der Waals surface area contributed by atoms with Gasteiger partial charge < -0.3 is 0 Å². The van der Waals surface area contributed by atoms with Crippen molar-refractivity contribution in [3.8, 4) is 0 Å². The molecule has 6 heteroatoms. The van der Waals surface area contributed by atoms with E-state index in [1.807, 2.05) is 0 Å². The Morgan fingerprint density at radius 2 is 1.59 bits per heavy atom. The Morgan fingerprint density at radius 3 is 2.18 bits per heavy atom. The first kappa shape index (κ1) is 11.5. The number of halogens is 1. The molecule has 1 aromatic carbocycles. The zero-order chi connectivity index (χ0) is 12.3. The quantitative estimate of drug-likeness (QED) is 0.909. The van der Waals surface area contributed by atoms with E-state index in [0.717, 1.165) is 12.1 Å². The number of benzene rings is 1. The van der Waals surface area contributed by atoms with Crippen LogP contribution < -0.4 is 4.72 Å². The predicted octanol–water partition coefficient (Wildman–Crippen LogP) is 2.02. The van der Waals surface area contributed by atoms with E-state index in [0.29, 0.717) is 5.69 Å². The smallest absolute Gasteiger partial charge is 0.261 e. The van der Waals surface area contributed by atoms with Gasteiger partial charge in [-0.05, 0) is 36.4 Å². The second kappa shape index (κ2) is 4.50. The Bertz CT molecular complexity index is 597. The van der Waals surface area contributed by atoms with Crippen molar-refractivity contribution in [2.45, 2.75) is 4.90 Å². The van der Waals surface area contributed by atoms with Gasteiger partial charge in [-0.2, -0.15) is 0 Å². The van der Waals surface area contributed by atoms with Crippen molar-refractivity contribution in [3.63, 3.8) is 0 Å². The molecule has 1 heterocycles. The van der Waals surface area contributed by atoms with Crippen LogP contribution in [0.1, 0.15) is 0 Å². The fourth-order valence-electron chi connectivity index (χ4n) is 1.25. The third-order valence-corrected chi connectivity index (χ3v) is 3.45. The summed E-state index contributed by atoms with van der Waals surface area (Å²) in [5, 5.41) is 0. The van der Waals surface area contributed by atoms with Crippen LogP contribution in [-0.4, -0.2) is 13.4 Å². The second-order valence-electron chi connectivity index (χ2n) is 3.30. The number of anilines is 1. The standard InChI is InChI=1S/C11H9FN2O2S/c12-9-1-3-11(4-2-9)17(15,16)14-10-5-7-13-8-6-10/h1-8H,(H,13,14). The van der Waals surface area contributed by atoms with Gasteiger partial charge in [-0.3, -0.25) is 9.71 Å². The number of hydrogen-bond acceptors (Lipinski definition) is 3. The Labute approximate surface area is 98.2 Å². The van der Waals surface area contributed by atoms with Crippen LogP contribution in [0.3, 0.4) is 0 Å². The summed E-state index contributed by atoms with van der Waals surface area (Å²) < 4.78 is 38.8. The van der Waals surface area contributed by atoms with Crippen LogP contribution in [0.25, 0.3) is 0 Å². The molecule has 0 saturated heterocycles. The van der Waals surface area contributed by atoms with Crippen LogP contribution in [-0.2, 0) is 10.0 Å². The Kier molecular flexibility index (Phi) is 3.06. The summed E-state index contributed by atoms with van der Waals surface area (Å²) in [6.45, 7) is 0. The van der Waals surface area contributed by atoms with Crippen LogP contribution >= 0.6 is 0 Å². The fourth-order valence-corrected chi connectivity index (χ4v) is 2.31. The van der Waals surface area contributed by atoms with E-state index in [2.05, 4.69) is 9.71 Å². The van der Waals surface area contributed by atoms with Gasteiger partial charge in [0.05, 0.1) is 10.6 Å². The van der Waals surface area contributed by atoms with Crippen LogP contribution in [0.15, 0.2) is 53.7 Å². The molecular weight excluding hydrogens is 243 g/mol. The number of rotatable bonds is 3. The predicted molar refractivity (Wildman–Crippen MR) is 61.4 cm³/mol. The molecule has 17 heavy (non-hydrogen) atoms. The molecule has 88 valence electrons. The minimum Gasteiger partial charge on any atom is -0.280 e. The maximum absolute atomic E-state index is 12.7. The van der Waals surface area contributed by atoms with Crippen molar-refractivity contribution < 1.29 is 12.8 Å². The first-order valence-electron chi connectivity index (χ1n) is 4.76. The van der Waals surface area contributed by atoms with Gasteiger partial charge in [0, 0.05) is 12.4 Å². The molecule has 1 aromatic heterocycles. The van der Waals surface area contributed by atoms with Crippen molar-refractivity contribution in [2.24, 2.45) is 0 Å². The Hall–Kier alpha value is -1.95. The zero-order valence-corrected chi connectivity index (χ0v) is 9.49. The normalized spacial score (nSPS) is 11.1. The summed E-state index contributed by atoms with van der Waals surface area (Å²) in [7, 11) is -3.67. The maximum Gasteiger partial charge on any atom is 0.261 e.